The van der Waals surface area contributed by atoms with Crippen LogP contribution in [-0.4, -0.2) is 55.4 Å². The summed E-state index contributed by atoms with van der Waals surface area (Å²) in [6.45, 7) is 6.97. The summed E-state index contributed by atoms with van der Waals surface area (Å²) in [6.07, 6.45) is 5.07. The first-order valence-electron chi connectivity index (χ1n) is 11.2. The number of phenolic OH excluding ortho intramolecular Hbond substituents is 1. The first kappa shape index (κ1) is 23.1. The molecule has 1 fully saturated rings. The van der Waals surface area contributed by atoms with E-state index in [0.717, 1.165) is 82.9 Å². The second-order valence-electron chi connectivity index (χ2n) is 8.04. The molecule has 0 bridgehead atoms. The van der Waals surface area contributed by atoms with E-state index in [1.807, 2.05) is 6.07 Å². The van der Waals surface area contributed by atoms with Crippen molar-refractivity contribution in [1.82, 2.24) is 4.90 Å². The highest BCUT2D eigenvalue weighted by molar-refractivity contribution is 5.90. The zero-order valence-corrected chi connectivity index (χ0v) is 18.4. The SMILES string of the molecule is CC(=O)Nc1ccc(CCCCc2ccc(OCCCN3CCOCC3)cc2)cc1O. The molecular weight excluding hydrogens is 392 g/mol. The van der Waals surface area contributed by atoms with E-state index in [9.17, 15) is 9.90 Å². The summed E-state index contributed by atoms with van der Waals surface area (Å²) in [4.78, 5) is 13.5. The van der Waals surface area contributed by atoms with Crippen molar-refractivity contribution in [2.45, 2.75) is 39.0 Å². The standard InChI is InChI=1S/C25H34N2O4/c1-20(28)26-24-12-9-22(19-25(24)29)6-3-2-5-21-7-10-23(11-8-21)31-16-4-13-27-14-17-30-18-15-27/h7-12,19,29H,2-6,13-18H2,1H3,(H,26,28). The first-order chi connectivity index (χ1) is 15.1. The number of unbranched alkanes of at least 4 members (excludes halogenated alkanes) is 1. The zero-order valence-electron chi connectivity index (χ0n) is 18.4. The minimum atomic E-state index is -0.188. The number of aromatic hydroxyl groups is 1. The molecule has 31 heavy (non-hydrogen) atoms. The van der Waals surface area contributed by atoms with Gasteiger partial charge in [-0.2, -0.15) is 0 Å². The van der Waals surface area contributed by atoms with Gasteiger partial charge in [-0.25, -0.2) is 0 Å². The molecule has 168 valence electrons. The predicted octanol–water partition coefficient (Wildman–Crippen LogP) is 4.02. The summed E-state index contributed by atoms with van der Waals surface area (Å²) in [6, 6.07) is 13.8. The summed E-state index contributed by atoms with van der Waals surface area (Å²) in [5.41, 5.74) is 2.84. The van der Waals surface area contributed by atoms with E-state index >= 15 is 0 Å². The van der Waals surface area contributed by atoms with Gasteiger partial charge in [-0.3, -0.25) is 9.69 Å². The zero-order chi connectivity index (χ0) is 21.9. The van der Waals surface area contributed by atoms with Gasteiger partial charge in [0.05, 0.1) is 25.5 Å². The third-order valence-electron chi connectivity index (χ3n) is 5.47. The second kappa shape index (κ2) is 12.3. The lowest BCUT2D eigenvalue weighted by Crippen LogP contribution is -2.37. The van der Waals surface area contributed by atoms with Crippen molar-refractivity contribution in [1.29, 1.82) is 0 Å². The number of hydrogen-bond donors (Lipinski definition) is 2. The monoisotopic (exact) mass is 426 g/mol. The predicted molar refractivity (Wildman–Crippen MR) is 123 cm³/mol. The largest absolute Gasteiger partial charge is 0.506 e. The van der Waals surface area contributed by atoms with Crippen molar-refractivity contribution >= 4 is 11.6 Å². The quantitative estimate of drug-likeness (QED) is 0.420. The molecule has 3 rings (SSSR count). The Bertz CT molecular complexity index is 817. The number of carbonyl (C=O) groups excluding carboxylic acids is 1. The van der Waals surface area contributed by atoms with Crippen LogP contribution >= 0.6 is 0 Å². The second-order valence-corrected chi connectivity index (χ2v) is 8.04. The van der Waals surface area contributed by atoms with Gasteiger partial charge in [-0.15, -0.1) is 0 Å². The van der Waals surface area contributed by atoms with Gasteiger partial charge >= 0.3 is 0 Å². The third-order valence-corrected chi connectivity index (χ3v) is 5.47. The van der Waals surface area contributed by atoms with Crippen molar-refractivity contribution in [3.8, 4) is 11.5 Å². The van der Waals surface area contributed by atoms with E-state index in [2.05, 4.69) is 34.5 Å². The lowest BCUT2D eigenvalue weighted by Gasteiger charge is -2.26. The number of anilines is 1. The minimum absolute atomic E-state index is 0.119. The van der Waals surface area contributed by atoms with Gasteiger partial charge in [0, 0.05) is 26.6 Å². The molecule has 2 aromatic carbocycles. The Hall–Kier alpha value is -2.57. The molecular formula is C25H34N2O4. The Labute approximate surface area is 185 Å². The topological polar surface area (TPSA) is 71.0 Å². The number of benzene rings is 2. The van der Waals surface area contributed by atoms with Gasteiger partial charge in [-0.1, -0.05) is 18.2 Å². The molecule has 0 spiro atoms. The van der Waals surface area contributed by atoms with Crippen molar-refractivity contribution in [3.05, 3.63) is 53.6 Å². The van der Waals surface area contributed by atoms with E-state index < -0.39 is 0 Å². The Balaban J connectivity index is 1.31. The van der Waals surface area contributed by atoms with Crippen LogP contribution < -0.4 is 10.1 Å². The number of nitrogens with zero attached hydrogens (tertiary/aromatic N) is 1. The van der Waals surface area contributed by atoms with Crippen LogP contribution in [0.5, 0.6) is 11.5 Å². The molecule has 1 saturated heterocycles. The molecule has 2 aromatic rings. The molecule has 1 amide bonds. The lowest BCUT2D eigenvalue weighted by molar-refractivity contribution is -0.114. The molecule has 0 aliphatic carbocycles. The highest BCUT2D eigenvalue weighted by Crippen LogP contribution is 2.25. The number of carbonyl (C=O) groups is 1. The van der Waals surface area contributed by atoms with Crippen LogP contribution in [0.2, 0.25) is 0 Å². The minimum Gasteiger partial charge on any atom is -0.506 e. The Kier molecular flexibility index (Phi) is 9.18. The molecule has 0 atom stereocenters. The van der Waals surface area contributed by atoms with Gasteiger partial charge in [0.15, 0.2) is 0 Å². The highest BCUT2D eigenvalue weighted by Gasteiger charge is 2.09. The van der Waals surface area contributed by atoms with Gasteiger partial charge in [-0.05, 0) is 67.5 Å². The van der Waals surface area contributed by atoms with E-state index in [1.165, 1.54) is 12.5 Å². The van der Waals surface area contributed by atoms with Crippen molar-refractivity contribution in [2.24, 2.45) is 0 Å². The van der Waals surface area contributed by atoms with Gasteiger partial charge < -0.3 is 19.9 Å². The number of morpholine rings is 1. The molecule has 2 N–H and O–H groups in total. The molecule has 1 heterocycles. The number of ether oxygens (including phenoxy) is 2. The number of rotatable bonds is 11. The van der Waals surface area contributed by atoms with Crippen LogP contribution in [0, 0.1) is 0 Å². The highest BCUT2D eigenvalue weighted by atomic mass is 16.5. The van der Waals surface area contributed by atoms with Crippen molar-refractivity contribution in [3.63, 3.8) is 0 Å². The molecule has 0 saturated carbocycles. The van der Waals surface area contributed by atoms with Crippen LogP contribution in [0.1, 0.15) is 37.3 Å². The van der Waals surface area contributed by atoms with E-state index in [4.69, 9.17) is 9.47 Å². The molecule has 0 radical (unpaired) electrons. The van der Waals surface area contributed by atoms with Crippen molar-refractivity contribution < 1.29 is 19.4 Å². The van der Waals surface area contributed by atoms with Crippen LogP contribution in [0.25, 0.3) is 0 Å². The average Bonchev–Trinajstić information content (AvgIpc) is 2.77. The fourth-order valence-electron chi connectivity index (χ4n) is 3.74. The smallest absolute Gasteiger partial charge is 0.221 e. The van der Waals surface area contributed by atoms with Crippen LogP contribution in [0.15, 0.2) is 42.5 Å². The maximum Gasteiger partial charge on any atom is 0.221 e. The number of amides is 1. The van der Waals surface area contributed by atoms with Crippen LogP contribution in [0.3, 0.4) is 0 Å². The molecule has 0 unspecified atom stereocenters. The maximum atomic E-state index is 11.1. The average molecular weight is 427 g/mol. The van der Waals surface area contributed by atoms with E-state index in [1.54, 1.807) is 12.1 Å². The normalized spacial score (nSPS) is 14.4. The number of nitrogens with one attached hydrogen (secondary N) is 1. The van der Waals surface area contributed by atoms with E-state index in [-0.39, 0.29) is 11.7 Å². The number of phenols is 1. The molecule has 6 heteroatoms. The summed E-state index contributed by atoms with van der Waals surface area (Å²) in [7, 11) is 0. The summed E-state index contributed by atoms with van der Waals surface area (Å²) in [5.74, 6) is 0.862. The summed E-state index contributed by atoms with van der Waals surface area (Å²) in [5, 5.41) is 12.6. The fourth-order valence-corrected chi connectivity index (χ4v) is 3.74. The van der Waals surface area contributed by atoms with Crippen LogP contribution in [0.4, 0.5) is 5.69 Å². The van der Waals surface area contributed by atoms with Gasteiger partial charge in [0.25, 0.3) is 0 Å². The fraction of sp³-hybridized carbons (Fsp3) is 0.480. The molecule has 0 aromatic heterocycles. The third kappa shape index (κ3) is 8.23. The molecule has 6 nitrogen and oxygen atoms in total. The van der Waals surface area contributed by atoms with Crippen molar-refractivity contribution in [2.75, 3.05) is 44.8 Å². The summed E-state index contributed by atoms with van der Waals surface area (Å²) >= 11 is 0. The molecule has 1 aliphatic heterocycles. The van der Waals surface area contributed by atoms with E-state index in [0.29, 0.717) is 5.69 Å². The first-order valence-corrected chi connectivity index (χ1v) is 11.2. The Morgan fingerprint density at radius 2 is 1.71 bits per heavy atom. The van der Waals surface area contributed by atoms with Gasteiger partial charge in [0.2, 0.25) is 5.91 Å². The Morgan fingerprint density at radius 1 is 1.03 bits per heavy atom. The van der Waals surface area contributed by atoms with Crippen LogP contribution in [-0.2, 0) is 22.4 Å². The number of aryl methyl sites for hydroxylation is 2. The van der Waals surface area contributed by atoms with Gasteiger partial charge in [0.1, 0.15) is 11.5 Å². The number of hydrogen-bond acceptors (Lipinski definition) is 5. The molecule has 1 aliphatic rings. The lowest BCUT2D eigenvalue weighted by atomic mass is 10.0. The summed E-state index contributed by atoms with van der Waals surface area (Å²) < 4.78 is 11.2. The maximum absolute atomic E-state index is 11.1. The Morgan fingerprint density at radius 3 is 2.39 bits per heavy atom.